The fourth-order valence-electron chi connectivity index (χ4n) is 2.33. The lowest BCUT2D eigenvalue weighted by molar-refractivity contribution is 0.261. The number of anilines is 1. The summed E-state index contributed by atoms with van der Waals surface area (Å²) in [6.45, 7) is 4.25. The van der Waals surface area contributed by atoms with Crippen molar-refractivity contribution in [1.82, 2.24) is 4.90 Å². The van der Waals surface area contributed by atoms with E-state index in [1.54, 1.807) is 0 Å². The van der Waals surface area contributed by atoms with Gasteiger partial charge in [-0.25, -0.2) is 0 Å². The summed E-state index contributed by atoms with van der Waals surface area (Å²) in [6, 6.07) is 18.8. The van der Waals surface area contributed by atoms with Crippen molar-refractivity contribution < 1.29 is 0 Å². The highest BCUT2D eigenvalue weighted by atomic mass is 35.5. The van der Waals surface area contributed by atoms with Crippen LogP contribution in [0.25, 0.3) is 0 Å². The molecule has 0 aliphatic heterocycles. The van der Waals surface area contributed by atoms with Gasteiger partial charge in [-0.2, -0.15) is 0 Å². The molecule has 21 heavy (non-hydrogen) atoms. The molecule has 0 saturated carbocycles. The average molecular weight is 303 g/mol. The predicted octanol–water partition coefficient (Wildman–Crippen LogP) is 4.84. The number of rotatable bonds is 7. The lowest BCUT2D eigenvalue weighted by atomic mass is 10.1. The molecular weight excluding hydrogens is 280 g/mol. The molecule has 1 atom stereocenters. The highest BCUT2D eigenvalue weighted by Gasteiger charge is 2.11. The van der Waals surface area contributed by atoms with Crippen LogP contribution in [0.5, 0.6) is 0 Å². The van der Waals surface area contributed by atoms with Gasteiger partial charge in [0.15, 0.2) is 0 Å². The van der Waals surface area contributed by atoms with E-state index in [4.69, 9.17) is 11.6 Å². The lowest BCUT2D eigenvalue weighted by Crippen LogP contribution is -2.25. The van der Waals surface area contributed by atoms with Crippen molar-refractivity contribution in [3.8, 4) is 0 Å². The third-order valence-corrected chi connectivity index (χ3v) is 4.02. The third-order valence-electron chi connectivity index (χ3n) is 3.78. The summed E-state index contributed by atoms with van der Waals surface area (Å²) in [7, 11) is 2.16. The number of hydrogen-bond acceptors (Lipinski definition) is 2. The summed E-state index contributed by atoms with van der Waals surface area (Å²) in [4.78, 5) is 2.36. The zero-order valence-electron chi connectivity index (χ0n) is 12.7. The van der Waals surface area contributed by atoms with Crippen LogP contribution in [0.3, 0.4) is 0 Å². The molecule has 0 spiro atoms. The molecule has 1 unspecified atom stereocenters. The van der Waals surface area contributed by atoms with Gasteiger partial charge < -0.3 is 5.32 Å². The monoisotopic (exact) mass is 302 g/mol. The summed E-state index contributed by atoms with van der Waals surface area (Å²) in [5.74, 6) is 0. The molecule has 0 amide bonds. The third kappa shape index (κ3) is 5.07. The molecule has 2 aromatic carbocycles. The predicted molar refractivity (Wildman–Crippen MR) is 92.0 cm³/mol. The van der Waals surface area contributed by atoms with Crippen molar-refractivity contribution >= 4 is 17.3 Å². The normalized spacial score (nSPS) is 12.4. The minimum Gasteiger partial charge on any atom is -0.385 e. The Morgan fingerprint density at radius 3 is 2.57 bits per heavy atom. The quantitative estimate of drug-likeness (QED) is 0.737. The topological polar surface area (TPSA) is 15.3 Å². The van der Waals surface area contributed by atoms with Gasteiger partial charge in [0.25, 0.3) is 0 Å². The van der Waals surface area contributed by atoms with Crippen LogP contribution in [0.4, 0.5) is 5.69 Å². The Morgan fingerprint density at radius 1 is 1.10 bits per heavy atom. The molecule has 3 heteroatoms. The number of nitrogens with zero attached hydrogens (tertiary/aromatic N) is 1. The molecule has 0 aromatic heterocycles. The van der Waals surface area contributed by atoms with Gasteiger partial charge in [0.1, 0.15) is 0 Å². The first-order chi connectivity index (χ1) is 10.2. The van der Waals surface area contributed by atoms with Crippen molar-refractivity contribution in [2.45, 2.75) is 19.4 Å². The summed E-state index contributed by atoms with van der Waals surface area (Å²) in [6.07, 6.45) is 1.11. The fourth-order valence-corrected chi connectivity index (χ4v) is 2.53. The van der Waals surface area contributed by atoms with Gasteiger partial charge in [-0.15, -0.1) is 0 Å². The Hall–Kier alpha value is -1.51. The maximum absolute atomic E-state index is 6.06. The van der Waals surface area contributed by atoms with E-state index in [0.29, 0.717) is 6.04 Å². The van der Waals surface area contributed by atoms with Crippen LogP contribution < -0.4 is 5.32 Å². The number of hydrogen-bond donors (Lipinski definition) is 1. The Balaban J connectivity index is 1.75. The zero-order valence-corrected chi connectivity index (χ0v) is 13.5. The van der Waals surface area contributed by atoms with Crippen LogP contribution in [0, 0.1) is 0 Å². The maximum Gasteiger partial charge on any atom is 0.0409 e. The van der Waals surface area contributed by atoms with E-state index in [-0.39, 0.29) is 0 Å². The second kappa shape index (κ2) is 8.06. The average Bonchev–Trinajstić information content (AvgIpc) is 2.51. The standard InChI is InChI=1S/C18H23ClN2/c1-15(16-8-6-9-17(19)14-16)21(2)13-7-12-20-18-10-4-3-5-11-18/h3-6,8-11,14-15,20H,7,12-13H2,1-2H3. The van der Waals surface area contributed by atoms with Gasteiger partial charge in [-0.05, 0) is 50.2 Å². The Kier molecular flexibility index (Phi) is 6.09. The minimum absolute atomic E-state index is 0.375. The van der Waals surface area contributed by atoms with Gasteiger partial charge in [-0.3, -0.25) is 4.90 Å². The number of benzene rings is 2. The molecule has 2 aromatic rings. The van der Waals surface area contributed by atoms with Crippen LogP contribution in [0.1, 0.15) is 24.9 Å². The smallest absolute Gasteiger partial charge is 0.0409 e. The van der Waals surface area contributed by atoms with Crippen molar-refractivity contribution in [1.29, 1.82) is 0 Å². The molecule has 1 N–H and O–H groups in total. The van der Waals surface area contributed by atoms with Gasteiger partial charge in [0.2, 0.25) is 0 Å². The van der Waals surface area contributed by atoms with E-state index in [1.807, 2.05) is 24.3 Å². The molecular formula is C18H23ClN2. The van der Waals surface area contributed by atoms with Crippen LogP contribution in [0.15, 0.2) is 54.6 Å². The molecule has 112 valence electrons. The van der Waals surface area contributed by atoms with Crippen molar-refractivity contribution in [2.24, 2.45) is 0 Å². The Labute approximate surface area is 132 Å². The largest absolute Gasteiger partial charge is 0.385 e. The SMILES string of the molecule is CC(c1cccc(Cl)c1)N(C)CCCNc1ccccc1. The number of halogens is 1. The van der Waals surface area contributed by atoms with Gasteiger partial charge in [0.05, 0.1) is 0 Å². The van der Waals surface area contributed by atoms with E-state index >= 15 is 0 Å². The van der Waals surface area contributed by atoms with Crippen LogP contribution in [-0.4, -0.2) is 25.0 Å². The summed E-state index contributed by atoms with van der Waals surface area (Å²) in [5.41, 5.74) is 2.45. The van der Waals surface area contributed by atoms with Gasteiger partial charge >= 0.3 is 0 Å². The van der Waals surface area contributed by atoms with Crippen LogP contribution in [0.2, 0.25) is 5.02 Å². The molecule has 2 rings (SSSR count). The van der Waals surface area contributed by atoms with Gasteiger partial charge in [0, 0.05) is 29.8 Å². The van der Waals surface area contributed by atoms with E-state index < -0.39 is 0 Å². The van der Waals surface area contributed by atoms with E-state index in [2.05, 4.69) is 54.5 Å². The van der Waals surface area contributed by atoms with E-state index in [0.717, 1.165) is 24.5 Å². The van der Waals surface area contributed by atoms with Gasteiger partial charge in [-0.1, -0.05) is 41.9 Å². The number of nitrogens with one attached hydrogen (secondary N) is 1. The molecule has 0 fully saturated rings. The highest BCUT2D eigenvalue weighted by Crippen LogP contribution is 2.21. The maximum atomic E-state index is 6.06. The first-order valence-corrected chi connectivity index (χ1v) is 7.79. The summed E-state index contributed by atoms with van der Waals surface area (Å²) >= 11 is 6.06. The van der Waals surface area contributed by atoms with E-state index in [1.165, 1.54) is 11.3 Å². The van der Waals surface area contributed by atoms with Crippen LogP contribution >= 0.6 is 11.6 Å². The molecule has 0 saturated heterocycles. The highest BCUT2D eigenvalue weighted by molar-refractivity contribution is 6.30. The van der Waals surface area contributed by atoms with Crippen molar-refractivity contribution in [2.75, 3.05) is 25.5 Å². The Morgan fingerprint density at radius 2 is 1.86 bits per heavy atom. The lowest BCUT2D eigenvalue weighted by Gasteiger charge is -2.25. The Bertz CT molecular complexity index is 542. The summed E-state index contributed by atoms with van der Waals surface area (Å²) in [5, 5.41) is 4.24. The zero-order chi connectivity index (χ0) is 15.1. The van der Waals surface area contributed by atoms with E-state index in [9.17, 15) is 0 Å². The second-order valence-electron chi connectivity index (χ2n) is 5.36. The summed E-state index contributed by atoms with van der Waals surface area (Å²) < 4.78 is 0. The molecule has 0 bridgehead atoms. The molecule has 2 nitrogen and oxygen atoms in total. The number of para-hydroxylation sites is 1. The van der Waals surface area contributed by atoms with Crippen LogP contribution in [-0.2, 0) is 0 Å². The van der Waals surface area contributed by atoms with Crippen molar-refractivity contribution in [3.05, 3.63) is 65.2 Å². The first kappa shape index (κ1) is 15.9. The van der Waals surface area contributed by atoms with Crippen molar-refractivity contribution in [3.63, 3.8) is 0 Å². The molecule has 0 aliphatic rings. The first-order valence-electron chi connectivity index (χ1n) is 7.41. The second-order valence-corrected chi connectivity index (χ2v) is 5.79. The molecule has 0 aliphatic carbocycles. The molecule has 0 heterocycles. The molecule has 0 radical (unpaired) electrons. The minimum atomic E-state index is 0.375. The fraction of sp³-hybridized carbons (Fsp3) is 0.333.